The highest BCUT2D eigenvalue weighted by Gasteiger charge is 2.28. The maximum Gasteiger partial charge on any atom is 0.266 e. The SMILES string of the molecule is Cc1nc(C)c(C(=O)N2CCc3[nH]nc(COc4ccccc4)c3C2)s1. The number of carbonyl (C=O) groups is 1. The Balaban J connectivity index is 1.50. The number of para-hydroxylation sites is 1. The maximum absolute atomic E-state index is 12.9. The van der Waals surface area contributed by atoms with Crippen molar-refractivity contribution in [2.24, 2.45) is 0 Å². The van der Waals surface area contributed by atoms with E-state index in [4.69, 9.17) is 4.74 Å². The van der Waals surface area contributed by atoms with Crippen LogP contribution in [0.5, 0.6) is 5.75 Å². The Morgan fingerprint density at radius 2 is 2.12 bits per heavy atom. The Morgan fingerprint density at radius 1 is 1.31 bits per heavy atom. The van der Waals surface area contributed by atoms with Crippen LogP contribution >= 0.6 is 11.3 Å². The first-order valence-electron chi connectivity index (χ1n) is 8.58. The molecule has 0 atom stereocenters. The molecule has 2 aromatic heterocycles. The zero-order valence-corrected chi connectivity index (χ0v) is 15.6. The zero-order chi connectivity index (χ0) is 18.1. The van der Waals surface area contributed by atoms with Crippen molar-refractivity contribution in [1.29, 1.82) is 0 Å². The average Bonchev–Trinajstić information content (AvgIpc) is 3.22. The zero-order valence-electron chi connectivity index (χ0n) is 14.8. The molecule has 1 amide bonds. The number of thiazole rings is 1. The number of amides is 1. The van der Waals surface area contributed by atoms with Gasteiger partial charge in [-0.2, -0.15) is 5.10 Å². The topological polar surface area (TPSA) is 71.1 Å². The number of nitrogens with zero attached hydrogens (tertiary/aromatic N) is 3. The third-order valence-corrected chi connectivity index (χ3v) is 5.58. The van der Waals surface area contributed by atoms with Crippen LogP contribution in [0.2, 0.25) is 0 Å². The van der Waals surface area contributed by atoms with Crippen LogP contribution in [0.1, 0.15) is 37.3 Å². The molecule has 26 heavy (non-hydrogen) atoms. The van der Waals surface area contributed by atoms with Gasteiger partial charge in [-0.25, -0.2) is 4.98 Å². The number of nitrogens with one attached hydrogen (secondary N) is 1. The van der Waals surface area contributed by atoms with Crippen LogP contribution in [0, 0.1) is 13.8 Å². The monoisotopic (exact) mass is 368 g/mol. The molecular formula is C19H20N4O2S. The summed E-state index contributed by atoms with van der Waals surface area (Å²) in [5.41, 5.74) is 3.83. The van der Waals surface area contributed by atoms with Gasteiger partial charge in [0.05, 0.1) is 10.7 Å². The molecule has 4 rings (SSSR count). The van der Waals surface area contributed by atoms with E-state index < -0.39 is 0 Å². The smallest absolute Gasteiger partial charge is 0.266 e. The summed E-state index contributed by atoms with van der Waals surface area (Å²) in [6.45, 7) is 5.44. The number of H-pyrrole nitrogens is 1. The van der Waals surface area contributed by atoms with E-state index in [0.717, 1.165) is 44.7 Å². The predicted octanol–water partition coefficient (Wildman–Crippen LogP) is 3.26. The molecule has 0 radical (unpaired) electrons. The Hall–Kier alpha value is -2.67. The number of rotatable bonds is 4. The highest BCUT2D eigenvalue weighted by molar-refractivity contribution is 7.13. The van der Waals surface area contributed by atoms with Crippen molar-refractivity contribution in [3.05, 3.63) is 62.9 Å². The number of aromatic amines is 1. The molecule has 134 valence electrons. The minimum Gasteiger partial charge on any atom is -0.487 e. The molecule has 7 heteroatoms. The minimum atomic E-state index is 0.0508. The van der Waals surface area contributed by atoms with Gasteiger partial charge in [0.15, 0.2) is 0 Å². The molecule has 1 N–H and O–H groups in total. The summed E-state index contributed by atoms with van der Waals surface area (Å²) in [7, 11) is 0. The fourth-order valence-corrected chi connectivity index (χ4v) is 4.08. The van der Waals surface area contributed by atoms with Gasteiger partial charge in [-0.3, -0.25) is 9.89 Å². The fourth-order valence-electron chi connectivity index (χ4n) is 3.19. The summed E-state index contributed by atoms with van der Waals surface area (Å²) in [5, 5.41) is 8.42. The molecule has 0 saturated heterocycles. The van der Waals surface area contributed by atoms with E-state index in [0.29, 0.717) is 19.7 Å². The molecule has 1 aromatic carbocycles. The number of hydrogen-bond acceptors (Lipinski definition) is 5. The third kappa shape index (κ3) is 3.22. The van der Waals surface area contributed by atoms with Crippen LogP contribution in [0.3, 0.4) is 0 Å². The van der Waals surface area contributed by atoms with E-state index in [9.17, 15) is 4.79 Å². The minimum absolute atomic E-state index is 0.0508. The summed E-state index contributed by atoms with van der Waals surface area (Å²) in [6.07, 6.45) is 0.774. The summed E-state index contributed by atoms with van der Waals surface area (Å²) in [4.78, 5) is 19.9. The largest absolute Gasteiger partial charge is 0.487 e. The van der Waals surface area contributed by atoms with Crippen molar-refractivity contribution in [3.8, 4) is 5.75 Å². The van der Waals surface area contributed by atoms with Crippen molar-refractivity contribution in [2.45, 2.75) is 33.4 Å². The van der Waals surface area contributed by atoms with Crippen LogP contribution < -0.4 is 4.74 Å². The molecular weight excluding hydrogens is 348 g/mol. The lowest BCUT2D eigenvalue weighted by atomic mass is 10.1. The van der Waals surface area contributed by atoms with Crippen molar-refractivity contribution in [3.63, 3.8) is 0 Å². The van der Waals surface area contributed by atoms with Crippen molar-refractivity contribution in [2.75, 3.05) is 6.54 Å². The molecule has 0 unspecified atom stereocenters. The van der Waals surface area contributed by atoms with E-state index in [1.807, 2.05) is 49.1 Å². The summed E-state index contributed by atoms with van der Waals surface area (Å²) in [5.74, 6) is 0.860. The Morgan fingerprint density at radius 3 is 2.85 bits per heavy atom. The van der Waals surface area contributed by atoms with Crippen molar-refractivity contribution >= 4 is 17.2 Å². The van der Waals surface area contributed by atoms with Gasteiger partial charge in [0.1, 0.15) is 22.9 Å². The highest BCUT2D eigenvalue weighted by Crippen LogP contribution is 2.26. The highest BCUT2D eigenvalue weighted by atomic mass is 32.1. The molecule has 3 heterocycles. The molecule has 3 aromatic rings. The Labute approximate surface area is 155 Å². The number of aryl methyl sites for hydroxylation is 2. The van der Waals surface area contributed by atoms with E-state index in [1.54, 1.807) is 0 Å². The van der Waals surface area contributed by atoms with Crippen molar-refractivity contribution < 1.29 is 9.53 Å². The Bertz CT molecular complexity index is 932. The van der Waals surface area contributed by atoms with Crippen LogP contribution in [0.4, 0.5) is 0 Å². The lowest BCUT2D eigenvalue weighted by Gasteiger charge is -2.27. The first kappa shape index (κ1) is 16.8. The number of carbonyl (C=O) groups excluding carboxylic acids is 1. The third-order valence-electron chi connectivity index (χ3n) is 4.52. The van der Waals surface area contributed by atoms with Crippen LogP contribution in [0.25, 0.3) is 0 Å². The Kier molecular flexibility index (Phi) is 4.46. The number of fused-ring (bicyclic) bond motifs is 1. The number of benzene rings is 1. The molecule has 1 aliphatic rings. The van der Waals surface area contributed by atoms with E-state index in [1.165, 1.54) is 11.3 Å². The van der Waals surface area contributed by atoms with Gasteiger partial charge in [-0.15, -0.1) is 11.3 Å². The number of hydrogen-bond donors (Lipinski definition) is 1. The molecule has 1 aliphatic heterocycles. The summed E-state index contributed by atoms with van der Waals surface area (Å²) >= 11 is 1.46. The van der Waals surface area contributed by atoms with Gasteiger partial charge in [-0.1, -0.05) is 18.2 Å². The first-order valence-corrected chi connectivity index (χ1v) is 9.39. The molecule has 0 fully saturated rings. The molecule has 0 aliphatic carbocycles. The van der Waals surface area contributed by atoms with Crippen LogP contribution in [-0.2, 0) is 19.6 Å². The van der Waals surface area contributed by atoms with Crippen molar-refractivity contribution in [1.82, 2.24) is 20.1 Å². The van der Waals surface area contributed by atoms with E-state index >= 15 is 0 Å². The van der Waals surface area contributed by atoms with E-state index in [-0.39, 0.29) is 5.91 Å². The summed E-state index contributed by atoms with van der Waals surface area (Å²) < 4.78 is 5.83. The normalized spacial score (nSPS) is 13.5. The number of aromatic nitrogens is 3. The predicted molar refractivity (Wildman–Crippen MR) is 99.4 cm³/mol. The maximum atomic E-state index is 12.9. The standard InChI is InChI=1S/C19H20N4O2S/c1-12-18(26-13(2)20-12)19(24)23-9-8-16-15(10-23)17(22-21-16)11-25-14-6-4-3-5-7-14/h3-7H,8-11H2,1-2H3,(H,21,22). The summed E-state index contributed by atoms with van der Waals surface area (Å²) in [6, 6.07) is 9.67. The van der Waals surface area contributed by atoms with Crippen LogP contribution in [0.15, 0.2) is 30.3 Å². The molecule has 6 nitrogen and oxygen atoms in total. The lowest BCUT2D eigenvalue weighted by molar-refractivity contribution is 0.0737. The fraction of sp³-hybridized carbons (Fsp3) is 0.316. The lowest BCUT2D eigenvalue weighted by Crippen LogP contribution is -2.36. The van der Waals surface area contributed by atoms with Gasteiger partial charge in [0.2, 0.25) is 0 Å². The first-order chi connectivity index (χ1) is 12.6. The van der Waals surface area contributed by atoms with Gasteiger partial charge in [0, 0.05) is 30.8 Å². The second-order valence-corrected chi connectivity index (χ2v) is 7.56. The second kappa shape index (κ2) is 6.92. The number of ether oxygens (including phenoxy) is 1. The van der Waals surface area contributed by atoms with Gasteiger partial charge in [-0.05, 0) is 26.0 Å². The second-order valence-electron chi connectivity index (χ2n) is 6.35. The van der Waals surface area contributed by atoms with E-state index in [2.05, 4.69) is 15.2 Å². The molecule has 0 spiro atoms. The van der Waals surface area contributed by atoms with Gasteiger partial charge in [0.25, 0.3) is 5.91 Å². The van der Waals surface area contributed by atoms with Gasteiger partial charge >= 0.3 is 0 Å². The van der Waals surface area contributed by atoms with Crippen LogP contribution in [-0.4, -0.2) is 32.5 Å². The molecule has 0 saturated carbocycles. The average molecular weight is 368 g/mol. The van der Waals surface area contributed by atoms with Gasteiger partial charge < -0.3 is 9.64 Å². The quantitative estimate of drug-likeness (QED) is 0.767. The molecule has 0 bridgehead atoms.